The summed E-state index contributed by atoms with van der Waals surface area (Å²) in [6.07, 6.45) is 0. The van der Waals surface area contributed by atoms with Crippen LogP contribution in [0.3, 0.4) is 0 Å². The van der Waals surface area contributed by atoms with E-state index >= 15 is 0 Å². The Kier molecular flexibility index (Phi) is 7.64. The fourth-order valence-electron chi connectivity index (χ4n) is 3.09. The van der Waals surface area contributed by atoms with Crippen LogP contribution in [0.25, 0.3) is 10.4 Å². The lowest BCUT2D eigenvalue weighted by Gasteiger charge is -2.20. The molecule has 30 heavy (non-hydrogen) atoms. The molecule has 2 N–H and O–H groups in total. The van der Waals surface area contributed by atoms with Crippen molar-refractivity contribution in [1.82, 2.24) is 5.16 Å². The van der Waals surface area contributed by atoms with E-state index < -0.39 is 13.5 Å². The molecule has 0 radical (unpaired) electrons. The van der Waals surface area contributed by atoms with Crippen LogP contribution in [0.4, 0.5) is 5.69 Å². The molecule has 0 aliphatic carbocycles. The number of carboxylic acids is 1. The van der Waals surface area contributed by atoms with Crippen molar-refractivity contribution in [2.75, 3.05) is 12.2 Å². The van der Waals surface area contributed by atoms with Crippen LogP contribution in [0, 0.1) is 27.7 Å². The number of aromatic nitrogens is 1. The highest BCUT2D eigenvalue weighted by Crippen LogP contribution is 2.49. The van der Waals surface area contributed by atoms with Gasteiger partial charge in [-0.1, -0.05) is 36.7 Å². The number of carboxylic acid groups (broad SMARTS) is 1. The first-order valence-electron chi connectivity index (χ1n) is 9.48. The number of benzene rings is 1. The van der Waals surface area contributed by atoms with Gasteiger partial charge in [-0.25, -0.2) is 4.79 Å². The molecule has 0 bridgehead atoms. The van der Waals surface area contributed by atoms with Gasteiger partial charge in [0.05, 0.1) is 22.2 Å². The summed E-state index contributed by atoms with van der Waals surface area (Å²) in [7, 11) is -2.19. The molecule has 0 spiro atoms. The van der Waals surface area contributed by atoms with Crippen molar-refractivity contribution in [3.05, 3.63) is 51.7 Å². The van der Waals surface area contributed by atoms with E-state index in [-0.39, 0.29) is 10.6 Å². The second-order valence-corrected chi connectivity index (χ2v) is 9.72. The molecule has 9 heteroatoms. The molecule has 0 amide bonds. The lowest BCUT2D eigenvalue weighted by Crippen LogP contribution is -2.17. The van der Waals surface area contributed by atoms with E-state index in [4.69, 9.17) is 9.05 Å². The summed E-state index contributed by atoms with van der Waals surface area (Å²) in [5, 5.41) is 16.9. The number of nitrogens with one attached hydrogen (secondary N) is 1. The Morgan fingerprint density at radius 3 is 2.37 bits per heavy atom. The molecule has 1 aromatic carbocycles. The first-order chi connectivity index (χ1) is 14.2. The molecule has 1 atom stereocenters. The molecule has 7 nitrogen and oxygen atoms in total. The fourth-order valence-corrected chi connectivity index (χ4v) is 5.96. The van der Waals surface area contributed by atoms with Crippen molar-refractivity contribution in [1.29, 1.82) is 0 Å². The zero-order valence-corrected chi connectivity index (χ0v) is 19.9. The predicted molar refractivity (Wildman–Crippen MR) is 121 cm³/mol. The number of carbonyl (C=O) groups is 1. The van der Waals surface area contributed by atoms with Gasteiger partial charge in [0, 0.05) is 12.0 Å². The van der Waals surface area contributed by atoms with Crippen LogP contribution >= 0.6 is 18.9 Å². The number of hydrogen-bond acceptors (Lipinski definition) is 6. The van der Waals surface area contributed by atoms with Gasteiger partial charge in [-0.2, -0.15) is 0 Å². The molecule has 0 aliphatic heterocycles. The van der Waals surface area contributed by atoms with E-state index in [1.807, 2.05) is 39.8 Å². The molecule has 3 aromatic rings. The van der Waals surface area contributed by atoms with Crippen LogP contribution in [0.1, 0.15) is 46.1 Å². The van der Waals surface area contributed by atoms with Gasteiger partial charge in [0.15, 0.2) is 0 Å². The number of thiophene rings is 1. The molecule has 0 fully saturated rings. The quantitative estimate of drug-likeness (QED) is 0.448. The molecule has 2 aromatic heterocycles. The average Bonchev–Trinajstić information content (AvgIpc) is 3.25. The van der Waals surface area contributed by atoms with Gasteiger partial charge in [0.1, 0.15) is 10.6 Å². The van der Waals surface area contributed by atoms with Crippen molar-refractivity contribution in [2.45, 2.75) is 41.5 Å². The molecular formula is C21H27N2O5PS. The monoisotopic (exact) mass is 450 g/mol. The van der Waals surface area contributed by atoms with Crippen molar-refractivity contribution in [3.63, 3.8) is 0 Å². The number of rotatable bonds is 6. The smallest absolute Gasteiger partial charge is 0.348 e. The zero-order valence-electron chi connectivity index (χ0n) is 18.2. The Bertz CT molecular complexity index is 1080. The first kappa shape index (κ1) is 23.9. The SMILES string of the molecule is CC.COP(=O)(Nc1cc(-c2c(C)noc2C)sc1C(=O)O)c1ccc(C)cc1C. The summed E-state index contributed by atoms with van der Waals surface area (Å²) in [5.41, 5.74) is 3.46. The summed E-state index contributed by atoms with van der Waals surface area (Å²) in [4.78, 5) is 12.5. The topological polar surface area (TPSA) is 102 Å². The van der Waals surface area contributed by atoms with Gasteiger partial charge < -0.3 is 19.2 Å². The van der Waals surface area contributed by atoms with Gasteiger partial charge in [0.2, 0.25) is 0 Å². The predicted octanol–water partition coefficient (Wildman–Crippen LogP) is 5.94. The Morgan fingerprint density at radius 1 is 1.20 bits per heavy atom. The highest BCUT2D eigenvalue weighted by molar-refractivity contribution is 7.68. The lowest BCUT2D eigenvalue weighted by atomic mass is 10.1. The van der Waals surface area contributed by atoms with Crippen LogP contribution < -0.4 is 10.4 Å². The van der Waals surface area contributed by atoms with Crippen molar-refractivity contribution in [2.24, 2.45) is 0 Å². The van der Waals surface area contributed by atoms with Crippen LogP contribution in [0.15, 0.2) is 28.8 Å². The van der Waals surface area contributed by atoms with E-state index in [1.54, 1.807) is 26.0 Å². The molecule has 162 valence electrons. The molecule has 3 rings (SSSR count). The number of anilines is 1. The third-order valence-corrected chi connectivity index (χ3v) is 7.73. The number of aromatic carboxylic acids is 1. The van der Waals surface area contributed by atoms with E-state index in [9.17, 15) is 14.5 Å². The maximum Gasteiger partial charge on any atom is 0.348 e. The van der Waals surface area contributed by atoms with Crippen LogP contribution in [-0.2, 0) is 9.09 Å². The van der Waals surface area contributed by atoms with Gasteiger partial charge in [-0.15, -0.1) is 11.3 Å². The maximum atomic E-state index is 13.5. The molecule has 0 saturated carbocycles. The minimum absolute atomic E-state index is 0.0389. The fraction of sp³-hybridized carbons (Fsp3) is 0.333. The molecule has 2 heterocycles. The minimum Gasteiger partial charge on any atom is -0.477 e. The molecular weight excluding hydrogens is 423 g/mol. The third-order valence-electron chi connectivity index (χ3n) is 4.40. The summed E-state index contributed by atoms with van der Waals surface area (Å²) < 4.78 is 24.1. The summed E-state index contributed by atoms with van der Waals surface area (Å²) in [5.74, 6) is -0.527. The molecule has 1 unspecified atom stereocenters. The van der Waals surface area contributed by atoms with Crippen molar-refractivity contribution >= 4 is 35.8 Å². The van der Waals surface area contributed by atoms with Crippen molar-refractivity contribution < 1.29 is 23.5 Å². The Labute approximate surface area is 180 Å². The Hall–Kier alpha value is -2.41. The van der Waals surface area contributed by atoms with Crippen LogP contribution in [0.2, 0.25) is 0 Å². The number of hydrogen-bond donors (Lipinski definition) is 2. The van der Waals surface area contributed by atoms with E-state index in [0.717, 1.165) is 28.0 Å². The number of nitrogens with zero attached hydrogens (tertiary/aromatic N) is 1. The maximum absolute atomic E-state index is 13.5. The second-order valence-electron chi connectivity index (χ2n) is 6.49. The first-order valence-corrected chi connectivity index (χ1v) is 11.9. The van der Waals surface area contributed by atoms with Gasteiger partial charge in [-0.05, 0) is 45.4 Å². The zero-order chi connectivity index (χ0) is 22.6. The second kappa shape index (κ2) is 9.60. The summed E-state index contributed by atoms with van der Waals surface area (Å²) in [6.45, 7) is 11.3. The minimum atomic E-state index is -3.53. The van der Waals surface area contributed by atoms with Gasteiger partial charge in [0.25, 0.3) is 0 Å². The number of aryl methyl sites for hydroxylation is 4. The normalized spacial score (nSPS) is 12.6. The highest BCUT2D eigenvalue weighted by atomic mass is 32.1. The van der Waals surface area contributed by atoms with Crippen LogP contribution in [0.5, 0.6) is 0 Å². The van der Waals surface area contributed by atoms with Crippen LogP contribution in [-0.4, -0.2) is 23.3 Å². The lowest BCUT2D eigenvalue weighted by molar-refractivity contribution is 0.0703. The largest absolute Gasteiger partial charge is 0.477 e. The summed E-state index contributed by atoms with van der Waals surface area (Å²) in [6, 6.07) is 7.14. The van der Waals surface area contributed by atoms with E-state index in [1.165, 1.54) is 7.11 Å². The highest BCUT2D eigenvalue weighted by Gasteiger charge is 2.30. The standard InChI is InChI=1S/C19H21N2O5PS.C2H6/c1-10-6-7-15(11(2)8-10)27(24,25-5)21-14-9-16(28-18(14)19(22)23)17-12(3)20-26-13(17)4;1-2/h6-9H,1-5H3,(H,21,24)(H,22,23);1-2H3. The van der Waals surface area contributed by atoms with Gasteiger partial charge >= 0.3 is 13.5 Å². The molecule has 0 saturated heterocycles. The van der Waals surface area contributed by atoms with Crippen molar-refractivity contribution in [3.8, 4) is 10.4 Å². The average molecular weight is 450 g/mol. The Balaban J connectivity index is 0.00000155. The third kappa shape index (κ3) is 4.67. The Morgan fingerprint density at radius 2 is 1.87 bits per heavy atom. The molecule has 0 aliphatic rings. The summed E-state index contributed by atoms with van der Waals surface area (Å²) >= 11 is 1.07. The van der Waals surface area contributed by atoms with E-state index in [2.05, 4.69) is 10.2 Å². The van der Waals surface area contributed by atoms with E-state index in [0.29, 0.717) is 21.6 Å². The van der Waals surface area contributed by atoms with Gasteiger partial charge in [-0.3, -0.25) is 4.57 Å².